The molecular formula is C21H19ClN6O3. The first-order valence-corrected chi connectivity index (χ1v) is 9.82. The predicted octanol–water partition coefficient (Wildman–Crippen LogP) is 2.82. The zero-order valence-electron chi connectivity index (χ0n) is 16.9. The number of halogens is 1. The monoisotopic (exact) mass is 438 g/mol. The fraction of sp³-hybridized carbons (Fsp3) is 0.190. The molecule has 3 aromatic heterocycles. The SMILES string of the molecule is CN(CCOc1ccc(Cl)cc1)C(=O)n1c(=O)n(C)c2nc(-c3cccnc3)ncc21. The number of ether oxygens (including phenoxy) is 1. The zero-order chi connectivity index (χ0) is 22.0. The first-order chi connectivity index (χ1) is 15.0. The van der Waals surface area contributed by atoms with Crippen molar-refractivity contribution in [1.82, 2.24) is 29.0 Å². The molecule has 0 radical (unpaired) electrons. The second-order valence-electron chi connectivity index (χ2n) is 6.83. The van der Waals surface area contributed by atoms with Crippen molar-refractivity contribution in [1.29, 1.82) is 0 Å². The van der Waals surface area contributed by atoms with Gasteiger partial charge in [-0.15, -0.1) is 0 Å². The third kappa shape index (κ3) is 4.13. The molecule has 0 N–H and O–H groups in total. The lowest BCUT2D eigenvalue weighted by Crippen LogP contribution is -2.39. The minimum Gasteiger partial charge on any atom is -0.492 e. The maximum Gasteiger partial charge on any atom is 0.338 e. The van der Waals surface area contributed by atoms with Gasteiger partial charge in [0.2, 0.25) is 0 Å². The topological polar surface area (TPSA) is 95.1 Å². The van der Waals surface area contributed by atoms with Crippen LogP contribution >= 0.6 is 11.6 Å². The van der Waals surface area contributed by atoms with Crippen molar-refractivity contribution in [2.45, 2.75) is 0 Å². The van der Waals surface area contributed by atoms with Crippen LogP contribution in [-0.4, -0.2) is 55.2 Å². The molecule has 10 heteroatoms. The van der Waals surface area contributed by atoms with Crippen LogP contribution in [-0.2, 0) is 7.05 Å². The van der Waals surface area contributed by atoms with E-state index in [9.17, 15) is 9.59 Å². The van der Waals surface area contributed by atoms with Gasteiger partial charge in [0.05, 0.1) is 12.7 Å². The van der Waals surface area contributed by atoms with Gasteiger partial charge in [0.1, 0.15) is 17.9 Å². The normalized spacial score (nSPS) is 10.9. The lowest BCUT2D eigenvalue weighted by molar-refractivity contribution is 0.197. The van der Waals surface area contributed by atoms with Crippen LogP contribution in [0.25, 0.3) is 22.6 Å². The molecule has 3 heterocycles. The summed E-state index contributed by atoms with van der Waals surface area (Å²) in [5, 5.41) is 0.615. The predicted molar refractivity (Wildman–Crippen MR) is 116 cm³/mol. The van der Waals surface area contributed by atoms with Crippen LogP contribution in [0.3, 0.4) is 0 Å². The van der Waals surface area contributed by atoms with Crippen LogP contribution in [0.2, 0.25) is 5.02 Å². The molecule has 0 aliphatic carbocycles. The second-order valence-corrected chi connectivity index (χ2v) is 7.26. The van der Waals surface area contributed by atoms with Crippen LogP contribution in [0.4, 0.5) is 4.79 Å². The van der Waals surface area contributed by atoms with Gasteiger partial charge in [0.25, 0.3) is 0 Å². The number of likely N-dealkylation sites (N-methyl/N-ethyl adjacent to an activating group) is 1. The van der Waals surface area contributed by atoms with E-state index in [1.165, 1.54) is 15.7 Å². The van der Waals surface area contributed by atoms with Crippen molar-refractivity contribution < 1.29 is 9.53 Å². The van der Waals surface area contributed by atoms with Gasteiger partial charge in [-0.2, -0.15) is 0 Å². The molecule has 4 aromatic rings. The Morgan fingerprint density at radius 2 is 1.97 bits per heavy atom. The van der Waals surface area contributed by atoms with Crippen LogP contribution in [0.5, 0.6) is 5.75 Å². The van der Waals surface area contributed by atoms with Gasteiger partial charge in [-0.05, 0) is 36.4 Å². The largest absolute Gasteiger partial charge is 0.492 e. The molecule has 0 saturated heterocycles. The Balaban J connectivity index is 1.55. The summed E-state index contributed by atoms with van der Waals surface area (Å²) in [6.07, 6.45) is 4.76. The Hall–Kier alpha value is -3.72. The molecular weight excluding hydrogens is 420 g/mol. The molecule has 0 bridgehead atoms. The number of hydrogen-bond donors (Lipinski definition) is 0. The van der Waals surface area contributed by atoms with E-state index in [2.05, 4.69) is 15.0 Å². The van der Waals surface area contributed by atoms with E-state index in [1.807, 2.05) is 6.07 Å². The van der Waals surface area contributed by atoms with E-state index in [-0.39, 0.29) is 13.2 Å². The number of imidazole rings is 1. The summed E-state index contributed by atoms with van der Waals surface area (Å²) in [6.45, 7) is 0.532. The van der Waals surface area contributed by atoms with Crippen molar-refractivity contribution in [2.24, 2.45) is 7.05 Å². The van der Waals surface area contributed by atoms with Gasteiger partial charge >= 0.3 is 11.7 Å². The van der Waals surface area contributed by atoms with Crippen LogP contribution in [0, 0.1) is 0 Å². The molecule has 9 nitrogen and oxygen atoms in total. The molecule has 1 amide bonds. The molecule has 0 saturated carbocycles. The van der Waals surface area contributed by atoms with Gasteiger partial charge in [0, 0.05) is 37.1 Å². The van der Waals surface area contributed by atoms with Crippen LogP contribution in [0.15, 0.2) is 59.8 Å². The van der Waals surface area contributed by atoms with Crippen LogP contribution < -0.4 is 10.4 Å². The van der Waals surface area contributed by atoms with Gasteiger partial charge in [-0.1, -0.05) is 11.6 Å². The molecule has 4 rings (SSSR count). The molecule has 0 unspecified atom stereocenters. The van der Waals surface area contributed by atoms with E-state index in [1.54, 1.807) is 56.8 Å². The van der Waals surface area contributed by atoms with E-state index in [0.717, 1.165) is 4.57 Å². The van der Waals surface area contributed by atoms with Crippen molar-refractivity contribution in [2.75, 3.05) is 20.2 Å². The van der Waals surface area contributed by atoms with Crippen molar-refractivity contribution in [3.63, 3.8) is 0 Å². The summed E-state index contributed by atoms with van der Waals surface area (Å²) in [7, 11) is 3.17. The molecule has 0 atom stereocenters. The summed E-state index contributed by atoms with van der Waals surface area (Å²) in [4.78, 5) is 40.0. The highest BCUT2D eigenvalue weighted by atomic mass is 35.5. The van der Waals surface area contributed by atoms with Gasteiger partial charge in [-0.3, -0.25) is 9.55 Å². The quantitative estimate of drug-likeness (QED) is 0.475. The molecule has 0 spiro atoms. The molecule has 1 aromatic carbocycles. The molecule has 31 heavy (non-hydrogen) atoms. The number of pyridine rings is 1. The number of rotatable bonds is 5. The zero-order valence-corrected chi connectivity index (χ0v) is 17.7. The summed E-state index contributed by atoms with van der Waals surface area (Å²) >= 11 is 5.86. The summed E-state index contributed by atoms with van der Waals surface area (Å²) in [5.41, 5.74) is 0.907. The van der Waals surface area contributed by atoms with E-state index < -0.39 is 11.7 Å². The lowest BCUT2D eigenvalue weighted by Gasteiger charge is -2.17. The van der Waals surface area contributed by atoms with Gasteiger partial charge in [-0.25, -0.2) is 24.1 Å². The molecule has 0 fully saturated rings. The number of hydrogen-bond acceptors (Lipinski definition) is 6. The van der Waals surface area contributed by atoms with Crippen molar-refractivity contribution >= 4 is 28.8 Å². The maximum atomic E-state index is 13.0. The molecule has 158 valence electrons. The first-order valence-electron chi connectivity index (χ1n) is 9.44. The van der Waals surface area contributed by atoms with Crippen molar-refractivity contribution in [3.8, 4) is 17.1 Å². The number of carbonyl (C=O) groups is 1. The number of fused-ring (bicyclic) bond motifs is 1. The van der Waals surface area contributed by atoms with Gasteiger partial charge in [0.15, 0.2) is 11.5 Å². The Morgan fingerprint density at radius 3 is 2.68 bits per heavy atom. The van der Waals surface area contributed by atoms with E-state index >= 15 is 0 Å². The highest BCUT2D eigenvalue weighted by molar-refractivity contribution is 6.30. The smallest absolute Gasteiger partial charge is 0.338 e. The average Bonchev–Trinajstić information content (AvgIpc) is 3.04. The average molecular weight is 439 g/mol. The minimum atomic E-state index is -0.497. The third-order valence-corrected chi connectivity index (χ3v) is 4.99. The Morgan fingerprint density at radius 1 is 1.19 bits per heavy atom. The highest BCUT2D eigenvalue weighted by Crippen LogP contribution is 2.17. The Labute approximate surface area is 182 Å². The number of aryl methyl sites for hydroxylation is 1. The number of nitrogens with zero attached hydrogens (tertiary/aromatic N) is 6. The number of amides is 1. The second kappa shape index (κ2) is 8.57. The molecule has 0 aliphatic rings. The van der Waals surface area contributed by atoms with E-state index in [4.69, 9.17) is 16.3 Å². The van der Waals surface area contributed by atoms with Crippen LogP contribution in [0.1, 0.15) is 0 Å². The number of aromatic nitrogens is 5. The standard InChI is InChI=1S/C21H19ClN6O3/c1-26(10-11-31-16-7-5-15(22)6-8-16)20(29)28-17-13-24-18(14-4-3-9-23-12-14)25-19(17)27(2)21(28)30/h3-9,12-13H,10-11H2,1-2H3. The summed E-state index contributed by atoms with van der Waals surface area (Å²) < 4.78 is 8.02. The van der Waals surface area contributed by atoms with Crippen molar-refractivity contribution in [3.05, 3.63) is 70.5 Å². The summed E-state index contributed by atoms with van der Waals surface area (Å²) in [6, 6.07) is 10.0. The minimum absolute atomic E-state index is 0.255. The highest BCUT2D eigenvalue weighted by Gasteiger charge is 2.21. The first kappa shape index (κ1) is 20.5. The number of carbonyl (C=O) groups excluding carboxylic acids is 1. The van der Waals surface area contributed by atoms with E-state index in [0.29, 0.717) is 33.3 Å². The molecule has 0 aliphatic heterocycles. The third-order valence-electron chi connectivity index (χ3n) is 4.73. The Kier molecular flexibility index (Phi) is 5.68. The maximum absolute atomic E-state index is 13.0. The Bertz CT molecular complexity index is 1280. The summed E-state index contributed by atoms with van der Waals surface area (Å²) in [5.74, 6) is 1.06. The lowest BCUT2D eigenvalue weighted by atomic mass is 10.3. The van der Waals surface area contributed by atoms with Gasteiger partial charge < -0.3 is 9.64 Å². The fourth-order valence-electron chi connectivity index (χ4n) is 3.03. The number of benzene rings is 1. The fourth-order valence-corrected chi connectivity index (χ4v) is 3.16.